The molecule has 0 amide bonds. The first-order valence-electron chi connectivity index (χ1n) is 4.93. The van der Waals surface area contributed by atoms with E-state index in [9.17, 15) is 0 Å². The number of hydrogen-bond acceptors (Lipinski definition) is 1. The third-order valence-corrected chi connectivity index (χ3v) is 2.84. The fourth-order valence-corrected chi connectivity index (χ4v) is 2.08. The van der Waals surface area contributed by atoms with Crippen LogP contribution in [0.3, 0.4) is 0 Å². The van der Waals surface area contributed by atoms with Gasteiger partial charge in [0.1, 0.15) is 0 Å². The largest absolute Gasteiger partial charge is 0.261 e. The molecule has 0 aliphatic heterocycles. The smallest absolute Gasteiger partial charge is 0.0482 e. The molecule has 0 saturated heterocycles. The zero-order valence-corrected chi connectivity index (χ0v) is 7.90. The summed E-state index contributed by atoms with van der Waals surface area (Å²) >= 11 is 0. The van der Waals surface area contributed by atoms with Gasteiger partial charge in [0.05, 0.1) is 0 Å². The van der Waals surface area contributed by atoms with E-state index in [2.05, 4.69) is 35.3 Å². The molecule has 1 aliphatic carbocycles. The second-order valence-corrected chi connectivity index (χ2v) is 3.73. The van der Waals surface area contributed by atoms with Crippen LogP contribution in [-0.2, 0) is 12.8 Å². The molecule has 1 heterocycles. The van der Waals surface area contributed by atoms with Crippen molar-refractivity contribution < 1.29 is 0 Å². The van der Waals surface area contributed by atoms with Crippen LogP contribution in [0.2, 0.25) is 0 Å². The molecule has 0 fully saturated rings. The van der Waals surface area contributed by atoms with Crippen molar-refractivity contribution in [3.63, 3.8) is 0 Å². The Kier molecular flexibility index (Phi) is 1.63. The Bertz CT molecular complexity index is 387. The first kappa shape index (κ1) is 7.74. The Balaban J connectivity index is 2.12. The van der Waals surface area contributed by atoms with Gasteiger partial charge in [0, 0.05) is 18.3 Å². The van der Waals surface area contributed by atoms with Gasteiger partial charge in [-0.05, 0) is 29.2 Å². The van der Waals surface area contributed by atoms with E-state index in [1.807, 2.05) is 12.3 Å². The molecule has 68 valence electrons. The molecule has 0 spiro atoms. The minimum atomic E-state index is 0.992. The highest BCUT2D eigenvalue weighted by Crippen LogP contribution is 2.24. The van der Waals surface area contributed by atoms with E-state index in [-0.39, 0.29) is 0 Å². The summed E-state index contributed by atoms with van der Waals surface area (Å²) < 4.78 is 0. The molecular formula is C13H11N. The van der Waals surface area contributed by atoms with Gasteiger partial charge in [-0.25, -0.2) is 0 Å². The Hall–Kier alpha value is -1.63. The van der Waals surface area contributed by atoms with Crippen molar-refractivity contribution >= 4 is 0 Å². The van der Waals surface area contributed by atoms with E-state index < -0.39 is 0 Å². The lowest BCUT2D eigenvalue weighted by atomic mass is 9.89. The number of aromatic nitrogens is 1. The summed E-state index contributed by atoms with van der Waals surface area (Å²) in [6.07, 6.45) is 3.92. The highest BCUT2D eigenvalue weighted by molar-refractivity contribution is 5.41. The zero-order valence-electron chi connectivity index (χ0n) is 7.90. The van der Waals surface area contributed by atoms with Gasteiger partial charge in [0.15, 0.2) is 0 Å². The third-order valence-electron chi connectivity index (χ3n) is 2.84. The van der Waals surface area contributed by atoms with Crippen molar-refractivity contribution in [1.29, 1.82) is 0 Å². The lowest BCUT2D eigenvalue weighted by molar-refractivity contribution is 0.941. The highest BCUT2D eigenvalue weighted by Gasteiger charge is 2.14. The van der Waals surface area contributed by atoms with E-state index in [1.165, 1.54) is 22.4 Å². The molecule has 1 heteroatoms. The fraction of sp³-hybridized carbons (Fsp3) is 0.154. The summed E-state index contributed by atoms with van der Waals surface area (Å²) in [4.78, 5) is 4.42. The second-order valence-electron chi connectivity index (χ2n) is 3.73. The Labute approximate surface area is 83.4 Å². The van der Waals surface area contributed by atoms with Crippen molar-refractivity contribution in [2.45, 2.75) is 12.8 Å². The van der Waals surface area contributed by atoms with Crippen LogP contribution < -0.4 is 0 Å². The molecule has 0 radical (unpaired) electrons. The van der Waals surface area contributed by atoms with Crippen LogP contribution in [0.1, 0.15) is 22.4 Å². The minimum absolute atomic E-state index is 0.992. The molecule has 14 heavy (non-hydrogen) atoms. The summed E-state index contributed by atoms with van der Waals surface area (Å²) in [6.45, 7) is 0. The van der Waals surface area contributed by atoms with Gasteiger partial charge in [0.2, 0.25) is 0 Å². The van der Waals surface area contributed by atoms with Crippen molar-refractivity contribution in [3.8, 4) is 0 Å². The topological polar surface area (TPSA) is 12.9 Å². The summed E-state index contributed by atoms with van der Waals surface area (Å²) in [7, 11) is 0. The standard InChI is InChI=1S/C13H11N/c1-2-5-11-9-13-12(6-3-7-14-13)8-10(11)4-1/h1-7H,8-9H2. The molecular weight excluding hydrogens is 170 g/mol. The average molecular weight is 181 g/mol. The van der Waals surface area contributed by atoms with E-state index in [0.29, 0.717) is 0 Å². The zero-order chi connectivity index (χ0) is 9.38. The van der Waals surface area contributed by atoms with Crippen molar-refractivity contribution in [1.82, 2.24) is 4.98 Å². The number of nitrogens with zero attached hydrogens (tertiary/aromatic N) is 1. The van der Waals surface area contributed by atoms with E-state index in [0.717, 1.165) is 12.8 Å². The lowest BCUT2D eigenvalue weighted by Crippen LogP contribution is -2.08. The maximum absolute atomic E-state index is 4.42. The molecule has 2 aromatic rings. The third kappa shape index (κ3) is 1.13. The predicted molar refractivity (Wildman–Crippen MR) is 56.3 cm³/mol. The molecule has 1 aliphatic rings. The van der Waals surface area contributed by atoms with Crippen LogP contribution in [0.5, 0.6) is 0 Å². The Morgan fingerprint density at radius 3 is 2.36 bits per heavy atom. The summed E-state index contributed by atoms with van der Waals surface area (Å²) in [5.74, 6) is 0. The number of pyridine rings is 1. The second kappa shape index (κ2) is 2.95. The molecule has 0 saturated carbocycles. The van der Waals surface area contributed by atoms with Gasteiger partial charge >= 0.3 is 0 Å². The SMILES string of the molecule is c1ccc2c(c1)Cc1cccnc1C2. The van der Waals surface area contributed by atoms with E-state index in [1.54, 1.807) is 0 Å². The van der Waals surface area contributed by atoms with Crippen molar-refractivity contribution in [2.75, 3.05) is 0 Å². The van der Waals surface area contributed by atoms with E-state index >= 15 is 0 Å². The van der Waals surface area contributed by atoms with Gasteiger partial charge in [-0.3, -0.25) is 4.98 Å². The molecule has 1 nitrogen and oxygen atoms in total. The van der Waals surface area contributed by atoms with Crippen LogP contribution in [0, 0.1) is 0 Å². The molecule has 1 aromatic carbocycles. The monoisotopic (exact) mass is 181 g/mol. The number of rotatable bonds is 0. The van der Waals surface area contributed by atoms with E-state index in [4.69, 9.17) is 0 Å². The molecule has 0 N–H and O–H groups in total. The van der Waals surface area contributed by atoms with Gasteiger partial charge < -0.3 is 0 Å². The Morgan fingerprint density at radius 1 is 0.786 bits per heavy atom. The maximum atomic E-state index is 4.42. The van der Waals surface area contributed by atoms with Crippen LogP contribution >= 0.6 is 0 Å². The molecule has 1 aromatic heterocycles. The normalized spacial score (nSPS) is 13.1. The maximum Gasteiger partial charge on any atom is 0.0482 e. The number of hydrogen-bond donors (Lipinski definition) is 0. The Morgan fingerprint density at radius 2 is 1.50 bits per heavy atom. The lowest BCUT2D eigenvalue weighted by Gasteiger charge is -2.17. The molecule has 0 bridgehead atoms. The fourth-order valence-electron chi connectivity index (χ4n) is 2.08. The van der Waals surface area contributed by atoms with Crippen LogP contribution in [0.25, 0.3) is 0 Å². The van der Waals surface area contributed by atoms with Gasteiger partial charge in [-0.15, -0.1) is 0 Å². The van der Waals surface area contributed by atoms with Crippen LogP contribution in [0.15, 0.2) is 42.6 Å². The van der Waals surface area contributed by atoms with Gasteiger partial charge in [-0.2, -0.15) is 0 Å². The molecule has 0 unspecified atom stereocenters. The number of benzene rings is 1. The van der Waals surface area contributed by atoms with Crippen molar-refractivity contribution in [3.05, 3.63) is 65.0 Å². The van der Waals surface area contributed by atoms with Gasteiger partial charge in [0.25, 0.3) is 0 Å². The average Bonchev–Trinajstić information content (AvgIpc) is 2.26. The summed E-state index contributed by atoms with van der Waals surface area (Å²) in [5, 5.41) is 0. The first-order chi connectivity index (χ1) is 6.93. The van der Waals surface area contributed by atoms with Crippen LogP contribution in [0.4, 0.5) is 0 Å². The molecule has 3 rings (SSSR count). The van der Waals surface area contributed by atoms with Gasteiger partial charge in [-0.1, -0.05) is 30.3 Å². The van der Waals surface area contributed by atoms with Crippen LogP contribution in [-0.4, -0.2) is 4.98 Å². The predicted octanol–water partition coefficient (Wildman–Crippen LogP) is 2.58. The molecule has 0 atom stereocenters. The first-order valence-corrected chi connectivity index (χ1v) is 4.93. The summed E-state index contributed by atoms with van der Waals surface area (Å²) in [5.41, 5.74) is 5.50. The highest BCUT2D eigenvalue weighted by atomic mass is 14.7. The summed E-state index contributed by atoms with van der Waals surface area (Å²) in [6, 6.07) is 12.8. The van der Waals surface area contributed by atoms with Crippen molar-refractivity contribution in [2.24, 2.45) is 0 Å². The minimum Gasteiger partial charge on any atom is -0.261 e. The quantitative estimate of drug-likeness (QED) is 0.519. The number of fused-ring (bicyclic) bond motifs is 2.